The van der Waals surface area contributed by atoms with Gasteiger partial charge in [-0.2, -0.15) is 13.2 Å². The molecule has 0 saturated heterocycles. The molecular weight excluding hydrogens is 379 g/mol. The van der Waals surface area contributed by atoms with E-state index in [1.807, 2.05) is 24.3 Å². The molecule has 0 bridgehead atoms. The number of alkyl halides is 3. The summed E-state index contributed by atoms with van der Waals surface area (Å²) in [4.78, 5) is 19.6. The third-order valence-electron chi connectivity index (χ3n) is 3.91. The topological polar surface area (TPSA) is 57.8 Å². The molecule has 0 fully saturated rings. The number of H-pyrrole nitrogens is 1. The first-order chi connectivity index (χ1) is 12.7. The van der Waals surface area contributed by atoms with Crippen LogP contribution in [0, 0.1) is 0 Å². The molecule has 1 amide bonds. The number of para-hydroxylation sites is 2. The van der Waals surface area contributed by atoms with Gasteiger partial charge in [0.25, 0.3) is 0 Å². The van der Waals surface area contributed by atoms with Gasteiger partial charge in [-0.25, -0.2) is 4.98 Å². The largest absolute Gasteiger partial charge is 0.416 e. The van der Waals surface area contributed by atoms with Crippen LogP contribution in [0.4, 0.5) is 13.2 Å². The summed E-state index contributed by atoms with van der Waals surface area (Å²) in [5.41, 5.74) is 0.903. The van der Waals surface area contributed by atoms with Gasteiger partial charge < -0.3 is 10.3 Å². The normalized spacial score (nSPS) is 13.2. The zero-order valence-corrected chi connectivity index (χ0v) is 14.9. The molecule has 0 saturated carbocycles. The van der Waals surface area contributed by atoms with Crippen LogP contribution in [-0.2, 0) is 11.0 Å². The summed E-state index contributed by atoms with van der Waals surface area (Å²) >= 11 is 5.91. The zero-order valence-electron chi connectivity index (χ0n) is 14.1. The fraction of sp³-hybridized carbons (Fsp3) is 0.158. The maximum atomic E-state index is 12.8. The molecule has 0 spiro atoms. The van der Waals surface area contributed by atoms with Crippen molar-refractivity contribution in [2.75, 3.05) is 0 Å². The highest BCUT2D eigenvalue weighted by molar-refractivity contribution is 6.32. The first kappa shape index (κ1) is 19.0. The second-order valence-electron chi connectivity index (χ2n) is 5.94. The van der Waals surface area contributed by atoms with Crippen LogP contribution in [0.15, 0.2) is 48.5 Å². The fourth-order valence-electron chi connectivity index (χ4n) is 2.52. The van der Waals surface area contributed by atoms with Crippen molar-refractivity contribution in [3.8, 4) is 0 Å². The van der Waals surface area contributed by atoms with Gasteiger partial charge >= 0.3 is 6.18 Å². The number of benzene rings is 2. The van der Waals surface area contributed by atoms with Crippen molar-refractivity contribution in [3.63, 3.8) is 0 Å². The molecule has 8 heteroatoms. The Morgan fingerprint density at radius 2 is 2.00 bits per heavy atom. The van der Waals surface area contributed by atoms with E-state index in [0.717, 1.165) is 35.3 Å². The highest BCUT2D eigenvalue weighted by Crippen LogP contribution is 2.32. The van der Waals surface area contributed by atoms with E-state index >= 15 is 0 Å². The number of imidazole rings is 1. The molecule has 3 rings (SSSR count). The van der Waals surface area contributed by atoms with Gasteiger partial charge in [0.15, 0.2) is 0 Å². The van der Waals surface area contributed by atoms with Gasteiger partial charge in [-0.3, -0.25) is 4.79 Å². The van der Waals surface area contributed by atoms with Gasteiger partial charge in [-0.15, -0.1) is 0 Å². The monoisotopic (exact) mass is 393 g/mol. The highest BCUT2D eigenvalue weighted by Gasteiger charge is 2.30. The fourth-order valence-corrected chi connectivity index (χ4v) is 2.70. The lowest BCUT2D eigenvalue weighted by atomic mass is 10.1. The van der Waals surface area contributed by atoms with Crippen LogP contribution in [0.2, 0.25) is 5.02 Å². The number of aromatic amines is 1. The third kappa shape index (κ3) is 4.49. The average molecular weight is 394 g/mol. The van der Waals surface area contributed by atoms with Gasteiger partial charge in [-0.1, -0.05) is 23.7 Å². The zero-order chi connectivity index (χ0) is 19.6. The second kappa shape index (κ2) is 7.44. The van der Waals surface area contributed by atoms with Crippen LogP contribution < -0.4 is 5.32 Å². The van der Waals surface area contributed by atoms with Crippen LogP contribution in [0.25, 0.3) is 17.1 Å². The quantitative estimate of drug-likeness (QED) is 0.604. The molecule has 2 N–H and O–H groups in total. The van der Waals surface area contributed by atoms with E-state index in [4.69, 9.17) is 11.6 Å². The second-order valence-corrected chi connectivity index (χ2v) is 6.34. The average Bonchev–Trinajstić information content (AvgIpc) is 3.04. The van der Waals surface area contributed by atoms with E-state index in [1.165, 1.54) is 6.08 Å². The molecule has 2 aromatic carbocycles. The van der Waals surface area contributed by atoms with E-state index in [9.17, 15) is 18.0 Å². The molecule has 0 aliphatic heterocycles. The molecule has 0 radical (unpaired) electrons. The summed E-state index contributed by atoms with van der Waals surface area (Å²) in [6.07, 6.45) is -2.09. The minimum atomic E-state index is -4.48. The molecule has 1 atom stereocenters. The molecule has 1 heterocycles. The number of halogens is 4. The van der Waals surface area contributed by atoms with Crippen molar-refractivity contribution in [1.82, 2.24) is 15.3 Å². The number of nitrogens with one attached hydrogen (secondary N) is 2. The van der Waals surface area contributed by atoms with Crippen LogP contribution in [0.5, 0.6) is 0 Å². The number of amides is 1. The maximum Gasteiger partial charge on any atom is 0.416 e. The van der Waals surface area contributed by atoms with E-state index < -0.39 is 23.7 Å². The Hall–Kier alpha value is -2.80. The first-order valence-electron chi connectivity index (χ1n) is 8.04. The van der Waals surface area contributed by atoms with E-state index in [0.29, 0.717) is 5.82 Å². The van der Waals surface area contributed by atoms with Gasteiger partial charge in [0.05, 0.1) is 22.6 Å². The Morgan fingerprint density at radius 3 is 2.70 bits per heavy atom. The van der Waals surface area contributed by atoms with E-state index in [1.54, 1.807) is 6.92 Å². The number of hydrogen-bond acceptors (Lipinski definition) is 2. The summed E-state index contributed by atoms with van der Waals surface area (Å²) in [5.74, 6) is 0.103. The minimum absolute atomic E-state index is 0.109. The number of carbonyl (C=O) groups is 1. The van der Waals surface area contributed by atoms with Gasteiger partial charge in [0.2, 0.25) is 5.91 Å². The van der Waals surface area contributed by atoms with Gasteiger partial charge in [-0.05, 0) is 48.9 Å². The van der Waals surface area contributed by atoms with E-state index in [2.05, 4.69) is 15.3 Å². The van der Waals surface area contributed by atoms with Crippen LogP contribution in [0.3, 0.4) is 0 Å². The lowest BCUT2D eigenvalue weighted by molar-refractivity contribution is -0.137. The third-order valence-corrected chi connectivity index (χ3v) is 4.26. The number of rotatable bonds is 4. The molecule has 3 aromatic rings. The van der Waals surface area contributed by atoms with Crippen molar-refractivity contribution < 1.29 is 18.0 Å². The molecule has 1 unspecified atom stereocenters. The predicted octanol–water partition coefficient (Wildman–Crippen LogP) is 5.13. The lowest BCUT2D eigenvalue weighted by Gasteiger charge is -2.10. The summed E-state index contributed by atoms with van der Waals surface area (Å²) in [6, 6.07) is 9.98. The molecule has 27 heavy (non-hydrogen) atoms. The number of nitrogens with zero attached hydrogens (tertiary/aromatic N) is 1. The predicted molar refractivity (Wildman–Crippen MR) is 98.1 cm³/mol. The van der Waals surface area contributed by atoms with Gasteiger partial charge in [0.1, 0.15) is 5.82 Å². The summed E-state index contributed by atoms with van der Waals surface area (Å²) in [5, 5.41) is 2.83. The Labute approximate surface area is 158 Å². The van der Waals surface area contributed by atoms with Crippen LogP contribution in [0.1, 0.15) is 29.9 Å². The molecule has 1 aromatic heterocycles. The molecule has 140 valence electrons. The van der Waals surface area contributed by atoms with E-state index in [-0.39, 0.29) is 10.6 Å². The highest BCUT2D eigenvalue weighted by atomic mass is 35.5. The molecule has 4 nitrogen and oxygen atoms in total. The Morgan fingerprint density at radius 1 is 1.26 bits per heavy atom. The smallest absolute Gasteiger partial charge is 0.343 e. The Balaban J connectivity index is 1.71. The van der Waals surface area contributed by atoms with Crippen molar-refractivity contribution in [2.24, 2.45) is 0 Å². The van der Waals surface area contributed by atoms with Crippen molar-refractivity contribution >= 4 is 34.6 Å². The standard InChI is InChI=1S/C19H15ClF3N3O/c1-11(18-25-15-4-2-3-5-16(15)26-18)24-17(27)9-6-12-10-13(19(21,22)23)7-8-14(12)20/h2-11H,1H3,(H,24,27)(H,25,26). The molecular formula is C19H15ClF3N3O. The number of fused-ring (bicyclic) bond motifs is 1. The number of hydrogen-bond donors (Lipinski definition) is 2. The minimum Gasteiger partial charge on any atom is -0.343 e. The molecule has 0 aliphatic carbocycles. The van der Waals surface area contributed by atoms with Crippen molar-refractivity contribution in [2.45, 2.75) is 19.1 Å². The number of aromatic nitrogens is 2. The lowest BCUT2D eigenvalue weighted by Crippen LogP contribution is -2.25. The first-order valence-corrected chi connectivity index (χ1v) is 8.42. The van der Waals surface area contributed by atoms with Crippen LogP contribution in [-0.4, -0.2) is 15.9 Å². The molecule has 0 aliphatic rings. The number of carbonyl (C=O) groups excluding carboxylic acids is 1. The summed E-state index contributed by atoms with van der Waals surface area (Å²) in [6.45, 7) is 1.75. The van der Waals surface area contributed by atoms with Crippen LogP contribution >= 0.6 is 11.6 Å². The maximum absolute atomic E-state index is 12.8. The SMILES string of the molecule is CC(NC(=O)C=Cc1cc(C(F)(F)F)ccc1Cl)c1nc2ccccc2[nH]1. The summed E-state index contributed by atoms with van der Waals surface area (Å²) < 4.78 is 38.4. The Bertz CT molecular complexity index is 978. The summed E-state index contributed by atoms with van der Waals surface area (Å²) in [7, 11) is 0. The van der Waals surface area contributed by atoms with Gasteiger partial charge in [0, 0.05) is 11.1 Å². The van der Waals surface area contributed by atoms with Crippen molar-refractivity contribution in [1.29, 1.82) is 0 Å². The van der Waals surface area contributed by atoms with Crippen molar-refractivity contribution in [3.05, 3.63) is 70.5 Å². The Kier molecular flexibility index (Phi) is 5.23.